The van der Waals surface area contributed by atoms with Crippen LogP contribution in [0.25, 0.3) is 0 Å². The zero-order chi connectivity index (χ0) is 11.4. The first-order valence-corrected chi connectivity index (χ1v) is 4.07. The Kier molecular flexibility index (Phi) is 3.28. The summed E-state index contributed by atoms with van der Waals surface area (Å²) in [5.41, 5.74) is 0.0281. The summed E-state index contributed by atoms with van der Waals surface area (Å²) in [7, 11) is 2.65. The number of carbonyl (C=O) groups is 2. The fourth-order valence-corrected chi connectivity index (χ4v) is 1.27. The maximum atomic E-state index is 10.8. The fraction of sp³-hybridized carbons (Fsp3) is 0.200. The van der Waals surface area contributed by atoms with Gasteiger partial charge in [-0.05, 0) is 0 Å². The number of hydrogen-bond donors (Lipinski definition) is 1. The van der Waals surface area contributed by atoms with Gasteiger partial charge in [-0.3, -0.25) is 9.59 Å². The van der Waals surface area contributed by atoms with Crippen molar-refractivity contribution in [2.75, 3.05) is 14.2 Å². The van der Waals surface area contributed by atoms with Crippen LogP contribution in [0.3, 0.4) is 0 Å². The molecule has 0 spiro atoms. The highest BCUT2D eigenvalue weighted by Crippen LogP contribution is 2.36. The van der Waals surface area contributed by atoms with Gasteiger partial charge in [0.1, 0.15) is 17.2 Å². The molecule has 5 nitrogen and oxygen atoms in total. The standard InChI is InChI=1S/C10H10O5/c1-14-9-3-8(13)6(4-11)10(15-2)7(9)5-12/h3-5,13H,1-2H3. The lowest BCUT2D eigenvalue weighted by Gasteiger charge is -2.11. The van der Waals surface area contributed by atoms with Crippen LogP contribution in [0.5, 0.6) is 17.2 Å². The van der Waals surface area contributed by atoms with Crippen LogP contribution >= 0.6 is 0 Å². The average Bonchev–Trinajstić information content (AvgIpc) is 2.27. The molecular weight excluding hydrogens is 200 g/mol. The fourth-order valence-electron chi connectivity index (χ4n) is 1.27. The molecule has 15 heavy (non-hydrogen) atoms. The molecule has 0 amide bonds. The number of ether oxygens (including phenoxy) is 2. The van der Waals surface area contributed by atoms with Gasteiger partial charge in [-0.1, -0.05) is 0 Å². The quantitative estimate of drug-likeness (QED) is 0.751. The van der Waals surface area contributed by atoms with Crippen LogP contribution in [0.2, 0.25) is 0 Å². The van der Waals surface area contributed by atoms with Crippen molar-refractivity contribution in [2.24, 2.45) is 0 Å². The first kappa shape index (κ1) is 11.0. The van der Waals surface area contributed by atoms with E-state index in [0.29, 0.717) is 12.6 Å². The number of methoxy groups -OCH3 is 2. The van der Waals surface area contributed by atoms with Crippen LogP contribution in [-0.2, 0) is 0 Å². The van der Waals surface area contributed by atoms with Gasteiger partial charge in [0, 0.05) is 6.07 Å². The summed E-state index contributed by atoms with van der Waals surface area (Å²) in [6.07, 6.45) is 0.921. The Bertz CT molecular complexity index is 397. The second-order valence-corrected chi connectivity index (χ2v) is 2.69. The van der Waals surface area contributed by atoms with Crippen molar-refractivity contribution in [1.29, 1.82) is 0 Å². The van der Waals surface area contributed by atoms with Gasteiger partial charge in [-0.2, -0.15) is 0 Å². The molecule has 1 aromatic rings. The summed E-state index contributed by atoms with van der Waals surface area (Å²) in [5.74, 6) is -0.119. The van der Waals surface area contributed by atoms with E-state index in [1.54, 1.807) is 0 Å². The Morgan fingerprint density at radius 3 is 2.13 bits per heavy atom. The third kappa shape index (κ3) is 1.76. The van der Waals surface area contributed by atoms with E-state index in [-0.39, 0.29) is 28.4 Å². The number of aromatic hydroxyl groups is 1. The summed E-state index contributed by atoms with van der Waals surface area (Å²) in [6, 6.07) is 1.19. The SMILES string of the molecule is COc1cc(O)c(C=O)c(OC)c1C=O. The smallest absolute Gasteiger partial charge is 0.157 e. The average molecular weight is 210 g/mol. The van der Waals surface area contributed by atoms with Crippen molar-refractivity contribution in [3.63, 3.8) is 0 Å². The van der Waals surface area contributed by atoms with E-state index >= 15 is 0 Å². The van der Waals surface area contributed by atoms with E-state index in [9.17, 15) is 14.7 Å². The van der Waals surface area contributed by atoms with Gasteiger partial charge in [0.05, 0.1) is 25.3 Å². The molecule has 5 heteroatoms. The highest BCUT2D eigenvalue weighted by molar-refractivity contribution is 5.93. The summed E-state index contributed by atoms with van der Waals surface area (Å²) >= 11 is 0. The lowest BCUT2D eigenvalue weighted by Crippen LogP contribution is -2.00. The summed E-state index contributed by atoms with van der Waals surface area (Å²) < 4.78 is 9.75. The van der Waals surface area contributed by atoms with E-state index in [1.807, 2.05) is 0 Å². The van der Waals surface area contributed by atoms with Crippen LogP contribution in [0.1, 0.15) is 20.7 Å². The van der Waals surface area contributed by atoms with Crippen molar-refractivity contribution in [3.05, 3.63) is 17.2 Å². The van der Waals surface area contributed by atoms with Crippen LogP contribution < -0.4 is 9.47 Å². The van der Waals surface area contributed by atoms with Gasteiger partial charge >= 0.3 is 0 Å². The summed E-state index contributed by atoms with van der Waals surface area (Å²) in [4.78, 5) is 21.5. The van der Waals surface area contributed by atoms with Crippen molar-refractivity contribution >= 4 is 12.6 Å². The topological polar surface area (TPSA) is 72.8 Å². The molecule has 1 N–H and O–H groups in total. The summed E-state index contributed by atoms with van der Waals surface area (Å²) in [6.45, 7) is 0. The van der Waals surface area contributed by atoms with Gasteiger partial charge in [0.15, 0.2) is 12.6 Å². The zero-order valence-electron chi connectivity index (χ0n) is 8.31. The Balaban J connectivity index is 3.58. The molecule has 0 aromatic heterocycles. The molecule has 80 valence electrons. The number of benzene rings is 1. The Morgan fingerprint density at radius 2 is 1.73 bits per heavy atom. The largest absolute Gasteiger partial charge is 0.507 e. The number of aldehydes is 2. The molecule has 0 aliphatic carbocycles. The van der Waals surface area contributed by atoms with E-state index in [0.717, 1.165) is 0 Å². The minimum Gasteiger partial charge on any atom is -0.507 e. The molecule has 0 fully saturated rings. The number of rotatable bonds is 4. The second-order valence-electron chi connectivity index (χ2n) is 2.69. The first-order chi connectivity index (χ1) is 7.19. The van der Waals surface area contributed by atoms with Crippen molar-refractivity contribution in [2.45, 2.75) is 0 Å². The zero-order valence-corrected chi connectivity index (χ0v) is 8.31. The van der Waals surface area contributed by atoms with Crippen LogP contribution in [0.4, 0.5) is 0 Å². The van der Waals surface area contributed by atoms with Gasteiger partial charge in [0.25, 0.3) is 0 Å². The van der Waals surface area contributed by atoms with E-state index in [1.165, 1.54) is 20.3 Å². The molecule has 0 saturated carbocycles. The molecule has 0 aliphatic heterocycles. The maximum Gasteiger partial charge on any atom is 0.157 e. The molecule has 1 aromatic carbocycles. The Morgan fingerprint density at radius 1 is 1.13 bits per heavy atom. The van der Waals surface area contributed by atoms with Crippen LogP contribution in [0.15, 0.2) is 6.07 Å². The minimum atomic E-state index is -0.288. The normalized spacial score (nSPS) is 9.47. The lowest BCUT2D eigenvalue weighted by molar-refractivity contribution is 0.111. The van der Waals surface area contributed by atoms with Crippen molar-refractivity contribution < 1.29 is 24.2 Å². The number of phenols is 1. The van der Waals surface area contributed by atoms with Gasteiger partial charge in [-0.15, -0.1) is 0 Å². The van der Waals surface area contributed by atoms with Crippen LogP contribution in [0, 0.1) is 0 Å². The Hall–Kier alpha value is -2.04. The van der Waals surface area contributed by atoms with Crippen LogP contribution in [-0.4, -0.2) is 31.9 Å². The number of phenolic OH excluding ortho intramolecular Hbond substituents is 1. The molecule has 0 atom stereocenters. The predicted molar refractivity (Wildman–Crippen MR) is 52.0 cm³/mol. The molecule has 0 aliphatic rings. The molecular formula is C10H10O5. The molecule has 1 rings (SSSR count). The van der Waals surface area contributed by atoms with Gasteiger partial charge < -0.3 is 14.6 Å². The molecule has 0 heterocycles. The number of carbonyl (C=O) groups excluding carboxylic acids is 2. The minimum absolute atomic E-state index is 0.0110. The van der Waals surface area contributed by atoms with Crippen molar-refractivity contribution in [1.82, 2.24) is 0 Å². The third-order valence-corrected chi connectivity index (χ3v) is 1.96. The second kappa shape index (κ2) is 4.45. The maximum absolute atomic E-state index is 10.8. The predicted octanol–water partition coefficient (Wildman–Crippen LogP) is 1.03. The lowest BCUT2D eigenvalue weighted by atomic mass is 10.1. The highest BCUT2D eigenvalue weighted by atomic mass is 16.5. The highest BCUT2D eigenvalue weighted by Gasteiger charge is 2.18. The van der Waals surface area contributed by atoms with E-state index in [4.69, 9.17) is 9.47 Å². The molecule has 0 radical (unpaired) electrons. The summed E-state index contributed by atoms with van der Waals surface area (Å²) in [5, 5.41) is 9.45. The monoisotopic (exact) mass is 210 g/mol. The van der Waals surface area contributed by atoms with E-state index in [2.05, 4.69) is 0 Å². The van der Waals surface area contributed by atoms with Gasteiger partial charge in [-0.25, -0.2) is 0 Å². The third-order valence-electron chi connectivity index (χ3n) is 1.96. The molecule has 0 saturated heterocycles. The Labute approximate surface area is 86.2 Å². The van der Waals surface area contributed by atoms with Crippen molar-refractivity contribution in [3.8, 4) is 17.2 Å². The van der Waals surface area contributed by atoms with E-state index < -0.39 is 0 Å². The number of hydrogen-bond acceptors (Lipinski definition) is 5. The van der Waals surface area contributed by atoms with Gasteiger partial charge in [0.2, 0.25) is 0 Å². The first-order valence-electron chi connectivity index (χ1n) is 4.07. The molecule has 0 bridgehead atoms. The molecule has 0 unspecified atom stereocenters.